The Bertz CT molecular complexity index is 574. The molecule has 2 heterocycles. The van der Waals surface area contributed by atoms with E-state index < -0.39 is 8.07 Å². The SMILES string of the molecule is C[Si](C)(C)CCOCn1ccnc1-c1scnc1C=O. The molecule has 0 fully saturated rings. The minimum atomic E-state index is -1.06. The summed E-state index contributed by atoms with van der Waals surface area (Å²) in [5.74, 6) is 0.739. The number of thiazole rings is 1. The van der Waals surface area contributed by atoms with Crippen molar-refractivity contribution in [3.8, 4) is 10.7 Å². The first-order chi connectivity index (χ1) is 9.51. The molecule has 0 atom stereocenters. The molecule has 0 radical (unpaired) electrons. The van der Waals surface area contributed by atoms with E-state index >= 15 is 0 Å². The van der Waals surface area contributed by atoms with Crippen LogP contribution in [0.1, 0.15) is 10.5 Å². The van der Waals surface area contributed by atoms with Crippen molar-refractivity contribution in [2.75, 3.05) is 6.61 Å². The van der Waals surface area contributed by atoms with Crippen LogP contribution in [0, 0.1) is 0 Å². The third kappa shape index (κ3) is 3.84. The fourth-order valence-corrected chi connectivity index (χ4v) is 3.20. The van der Waals surface area contributed by atoms with E-state index in [0.717, 1.165) is 29.6 Å². The van der Waals surface area contributed by atoms with Crippen molar-refractivity contribution in [2.45, 2.75) is 32.4 Å². The highest BCUT2D eigenvalue weighted by Crippen LogP contribution is 2.25. The molecule has 5 nitrogen and oxygen atoms in total. The molecule has 0 aliphatic carbocycles. The number of hydrogen-bond donors (Lipinski definition) is 0. The smallest absolute Gasteiger partial charge is 0.170 e. The molecule has 0 saturated heterocycles. The maximum absolute atomic E-state index is 10.9. The molecule has 2 aromatic rings. The summed E-state index contributed by atoms with van der Waals surface area (Å²) in [4.78, 5) is 20.1. The zero-order valence-corrected chi connectivity index (χ0v) is 13.8. The second-order valence-electron chi connectivity index (χ2n) is 5.75. The fraction of sp³-hybridized carbons (Fsp3) is 0.462. The van der Waals surface area contributed by atoms with E-state index in [0.29, 0.717) is 12.4 Å². The lowest BCUT2D eigenvalue weighted by molar-refractivity contribution is 0.0883. The van der Waals surface area contributed by atoms with E-state index in [9.17, 15) is 4.79 Å². The van der Waals surface area contributed by atoms with Gasteiger partial charge in [-0.2, -0.15) is 0 Å². The fourth-order valence-electron chi connectivity index (χ4n) is 1.67. The number of aromatic nitrogens is 3. The summed E-state index contributed by atoms with van der Waals surface area (Å²) in [7, 11) is -1.06. The molecule has 0 saturated carbocycles. The predicted octanol–water partition coefficient (Wildman–Crippen LogP) is 3.13. The lowest BCUT2D eigenvalue weighted by Gasteiger charge is -2.15. The molecule has 108 valence electrons. The normalized spacial score (nSPS) is 11.8. The van der Waals surface area contributed by atoms with Crippen LogP contribution in [-0.2, 0) is 11.5 Å². The number of aldehydes is 1. The summed E-state index contributed by atoms with van der Waals surface area (Å²) in [5.41, 5.74) is 2.09. The number of imidazole rings is 1. The highest BCUT2D eigenvalue weighted by molar-refractivity contribution is 7.13. The largest absolute Gasteiger partial charge is 0.361 e. The van der Waals surface area contributed by atoms with Crippen LogP contribution in [-0.4, -0.2) is 35.5 Å². The van der Waals surface area contributed by atoms with Gasteiger partial charge in [0.2, 0.25) is 0 Å². The van der Waals surface area contributed by atoms with Gasteiger partial charge < -0.3 is 9.30 Å². The summed E-state index contributed by atoms with van der Waals surface area (Å²) in [6.45, 7) is 8.19. The second-order valence-corrected chi connectivity index (χ2v) is 12.2. The summed E-state index contributed by atoms with van der Waals surface area (Å²) >= 11 is 1.42. The van der Waals surface area contributed by atoms with E-state index in [2.05, 4.69) is 29.6 Å². The molecule has 0 amide bonds. The predicted molar refractivity (Wildman–Crippen MR) is 82.8 cm³/mol. The number of rotatable bonds is 7. The molecule has 0 N–H and O–H groups in total. The van der Waals surface area contributed by atoms with Gasteiger partial charge in [0.15, 0.2) is 12.1 Å². The van der Waals surface area contributed by atoms with Crippen molar-refractivity contribution in [1.29, 1.82) is 0 Å². The molecule has 0 spiro atoms. The standard InChI is InChI=1S/C13H19N3O2SSi/c1-20(2,3)7-6-18-10-16-5-4-14-13(16)12-11(8-17)15-9-19-12/h4-5,8-9H,6-7,10H2,1-3H3. The van der Waals surface area contributed by atoms with Gasteiger partial charge in [0.25, 0.3) is 0 Å². The lowest BCUT2D eigenvalue weighted by Crippen LogP contribution is -2.22. The molecule has 0 aliphatic rings. The monoisotopic (exact) mass is 309 g/mol. The first-order valence-corrected chi connectivity index (χ1v) is 11.1. The molecular formula is C13H19N3O2SSi. The Morgan fingerprint density at radius 2 is 2.20 bits per heavy atom. The van der Waals surface area contributed by atoms with E-state index in [4.69, 9.17) is 4.74 Å². The molecular weight excluding hydrogens is 290 g/mol. The van der Waals surface area contributed by atoms with Crippen LogP contribution < -0.4 is 0 Å². The number of hydrogen-bond acceptors (Lipinski definition) is 5. The Balaban J connectivity index is 2.01. The molecule has 2 aromatic heterocycles. The minimum Gasteiger partial charge on any atom is -0.361 e. The quantitative estimate of drug-likeness (QED) is 0.448. The molecule has 20 heavy (non-hydrogen) atoms. The van der Waals surface area contributed by atoms with Gasteiger partial charge in [-0.3, -0.25) is 4.79 Å². The number of carbonyl (C=O) groups is 1. The first kappa shape index (κ1) is 15.1. The summed E-state index contributed by atoms with van der Waals surface area (Å²) in [6.07, 6.45) is 4.33. The highest BCUT2D eigenvalue weighted by Gasteiger charge is 2.15. The zero-order valence-electron chi connectivity index (χ0n) is 12.0. The van der Waals surface area contributed by atoms with Crippen LogP contribution in [0.4, 0.5) is 0 Å². The molecule has 0 aliphatic heterocycles. The van der Waals surface area contributed by atoms with Crippen LogP contribution in [0.25, 0.3) is 10.7 Å². The Morgan fingerprint density at radius 1 is 1.40 bits per heavy atom. The van der Waals surface area contributed by atoms with Crippen molar-refractivity contribution >= 4 is 25.7 Å². The Kier molecular flexibility index (Phi) is 4.85. The van der Waals surface area contributed by atoms with Crippen molar-refractivity contribution in [3.05, 3.63) is 23.6 Å². The number of nitrogens with zero attached hydrogens (tertiary/aromatic N) is 3. The second kappa shape index (κ2) is 6.42. The Hall–Kier alpha value is -1.31. The van der Waals surface area contributed by atoms with Gasteiger partial charge in [0.1, 0.15) is 17.3 Å². The third-order valence-corrected chi connectivity index (χ3v) is 5.39. The average molecular weight is 309 g/mol. The van der Waals surface area contributed by atoms with Crippen molar-refractivity contribution in [3.63, 3.8) is 0 Å². The van der Waals surface area contributed by atoms with Gasteiger partial charge in [-0.05, 0) is 6.04 Å². The first-order valence-electron chi connectivity index (χ1n) is 6.49. The maximum Gasteiger partial charge on any atom is 0.170 e. The van der Waals surface area contributed by atoms with Gasteiger partial charge in [-0.15, -0.1) is 11.3 Å². The molecule has 7 heteroatoms. The summed E-state index contributed by atoms with van der Waals surface area (Å²) < 4.78 is 7.63. The lowest BCUT2D eigenvalue weighted by atomic mass is 10.4. The van der Waals surface area contributed by atoms with Gasteiger partial charge in [-0.1, -0.05) is 19.6 Å². The van der Waals surface area contributed by atoms with Gasteiger partial charge >= 0.3 is 0 Å². The van der Waals surface area contributed by atoms with Crippen molar-refractivity contribution < 1.29 is 9.53 Å². The van der Waals surface area contributed by atoms with E-state index in [1.54, 1.807) is 11.7 Å². The van der Waals surface area contributed by atoms with Gasteiger partial charge in [-0.25, -0.2) is 9.97 Å². The third-order valence-electron chi connectivity index (χ3n) is 2.85. The zero-order chi connectivity index (χ0) is 14.6. The van der Waals surface area contributed by atoms with E-state index in [1.165, 1.54) is 11.3 Å². The van der Waals surface area contributed by atoms with Gasteiger partial charge in [0.05, 0.1) is 5.51 Å². The molecule has 0 bridgehead atoms. The van der Waals surface area contributed by atoms with Crippen LogP contribution in [0.2, 0.25) is 25.7 Å². The molecule has 0 unspecified atom stereocenters. The van der Waals surface area contributed by atoms with Crippen LogP contribution in [0.3, 0.4) is 0 Å². The number of carbonyl (C=O) groups excluding carboxylic acids is 1. The molecule has 2 rings (SSSR count). The minimum absolute atomic E-state index is 0.435. The van der Waals surface area contributed by atoms with Crippen molar-refractivity contribution in [1.82, 2.24) is 14.5 Å². The maximum atomic E-state index is 10.9. The Labute approximate surface area is 123 Å². The average Bonchev–Trinajstić information content (AvgIpc) is 3.01. The van der Waals surface area contributed by atoms with Crippen LogP contribution in [0.15, 0.2) is 17.9 Å². The highest BCUT2D eigenvalue weighted by atomic mass is 32.1. The topological polar surface area (TPSA) is 57.0 Å². The summed E-state index contributed by atoms with van der Waals surface area (Å²) in [5, 5.41) is 0. The van der Waals surface area contributed by atoms with Gasteiger partial charge in [0, 0.05) is 27.1 Å². The number of ether oxygens (including phenoxy) is 1. The Morgan fingerprint density at radius 3 is 2.90 bits per heavy atom. The van der Waals surface area contributed by atoms with E-state index in [1.807, 2.05) is 10.8 Å². The molecule has 0 aromatic carbocycles. The van der Waals surface area contributed by atoms with Crippen LogP contribution in [0.5, 0.6) is 0 Å². The van der Waals surface area contributed by atoms with Crippen molar-refractivity contribution in [2.24, 2.45) is 0 Å². The van der Waals surface area contributed by atoms with Crippen LogP contribution >= 0.6 is 11.3 Å². The van der Waals surface area contributed by atoms with E-state index in [-0.39, 0.29) is 0 Å². The summed E-state index contributed by atoms with van der Waals surface area (Å²) in [6, 6.07) is 1.14.